The SMILES string of the molecule is C#Cc1ccc(OC)cc1C(F)(F)F. The highest BCUT2D eigenvalue weighted by Crippen LogP contribution is 2.33. The van der Waals surface area contributed by atoms with Gasteiger partial charge in [-0.05, 0) is 18.2 Å². The van der Waals surface area contributed by atoms with Crippen LogP contribution in [0.5, 0.6) is 5.75 Å². The van der Waals surface area contributed by atoms with E-state index in [1.807, 2.05) is 5.92 Å². The Labute approximate surface area is 79.5 Å². The fraction of sp³-hybridized carbons (Fsp3) is 0.200. The van der Waals surface area contributed by atoms with E-state index in [4.69, 9.17) is 6.42 Å². The van der Waals surface area contributed by atoms with Crippen molar-refractivity contribution in [3.05, 3.63) is 29.3 Å². The number of rotatable bonds is 1. The lowest BCUT2D eigenvalue weighted by Gasteiger charge is -2.10. The molecule has 0 aliphatic heterocycles. The van der Waals surface area contributed by atoms with Crippen LogP contribution >= 0.6 is 0 Å². The van der Waals surface area contributed by atoms with Crippen molar-refractivity contribution >= 4 is 0 Å². The zero-order valence-corrected chi connectivity index (χ0v) is 7.35. The van der Waals surface area contributed by atoms with Crippen molar-refractivity contribution in [3.63, 3.8) is 0 Å². The molecule has 0 bridgehead atoms. The quantitative estimate of drug-likeness (QED) is 0.633. The first-order valence-corrected chi connectivity index (χ1v) is 3.71. The number of terminal acetylenes is 1. The van der Waals surface area contributed by atoms with Crippen LogP contribution < -0.4 is 4.74 Å². The predicted octanol–water partition coefficient (Wildman–Crippen LogP) is 2.70. The van der Waals surface area contributed by atoms with Gasteiger partial charge in [-0.3, -0.25) is 0 Å². The highest BCUT2D eigenvalue weighted by molar-refractivity contribution is 5.45. The third kappa shape index (κ3) is 1.99. The standard InChI is InChI=1S/C10H7F3O/c1-3-7-4-5-8(14-2)6-9(7)10(11,12)13/h1,4-6H,2H3. The molecule has 1 nitrogen and oxygen atoms in total. The fourth-order valence-electron chi connectivity index (χ4n) is 1.01. The van der Waals surface area contributed by atoms with Crippen LogP contribution in [-0.2, 0) is 6.18 Å². The molecule has 14 heavy (non-hydrogen) atoms. The molecular weight excluding hydrogens is 193 g/mol. The summed E-state index contributed by atoms with van der Waals surface area (Å²) in [4.78, 5) is 0. The molecule has 74 valence electrons. The van der Waals surface area contributed by atoms with Gasteiger partial charge in [0.05, 0.1) is 12.7 Å². The minimum atomic E-state index is -4.45. The van der Waals surface area contributed by atoms with Gasteiger partial charge < -0.3 is 4.74 Å². The summed E-state index contributed by atoms with van der Waals surface area (Å²) in [5, 5.41) is 0. The first-order chi connectivity index (χ1) is 6.49. The summed E-state index contributed by atoms with van der Waals surface area (Å²) in [6.45, 7) is 0. The van der Waals surface area contributed by atoms with Gasteiger partial charge >= 0.3 is 6.18 Å². The van der Waals surface area contributed by atoms with Crippen LogP contribution in [0.1, 0.15) is 11.1 Å². The number of methoxy groups -OCH3 is 1. The van der Waals surface area contributed by atoms with Crippen LogP contribution in [0, 0.1) is 12.3 Å². The summed E-state index contributed by atoms with van der Waals surface area (Å²) < 4.78 is 41.9. The Balaban J connectivity index is 3.31. The van der Waals surface area contributed by atoms with E-state index in [1.165, 1.54) is 19.2 Å². The summed E-state index contributed by atoms with van der Waals surface area (Å²) in [6.07, 6.45) is 0.500. The molecule has 4 heteroatoms. The van der Waals surface area contributed by atoms with E-state index in [-0.39, 0.29) is 11.3 Å². The average molecular weight is 200 g/mol. The lowest BCUT2D eigenvalue weighted by Crippen LogP contribution is -2.07. The Morgan fingerprint density at radius 1 is 1.36 bits per heavy atom. The van der Waals surface area contributed by atoms with E-state index in [1.54, 1.807) is 0 Å². The maximum atomic E-state index is 12.4. The molecule has 0 spiro atoms. The molecule has 0 unspecified atom stereocenters. The van der Waals surface area contributed by atoms with E-state index in [0.29, 0.717) is 0 Å². The summed E-state index contributed by atoms with van der Waals surface area (Å²) in [5.74, 6) is 2.11. The molecule has 1 rings (SSSR count). The van der Waals surface area contributed by atoms with Gasteiger partial charge in [-0.2, -0.15) is 13.2 Å². The molecule has 0 fully saturated rings. The van der Waals surface area contributed by atoms with Crippen molar-refractivity contribution in [2.45, 2.75) is 6.18 Å². The van der Waals surface area contributed by atoms with Crippen molar-refractivity contribution in [1.29, 1.82) is 0 Å². The topological polar surface area (TPSA) is 9.23 Å². The van der Waals surface area contributed by atoms with E-state index < -0.39 is 11.7 Å². The second-order valence-electron chi connectivity index (χ2n) is 2.55. The van der Waals surface area contributed by atoms with Gasteiger partial charge in [0, 0.05) is 5.56 Å². The van der Waals surface area contributed by atoms with Crippen LogP contribution in [0.25, 0.3) is 0 Å². The van der Waals surface area contributed by atoms with Crippen molar-refractivity contribution in [2.24, 2.45) is 0 Å². The van der Waals surface area contributed by atoms with Crippen LogP contribution in [-0.4, -0.2) is 7.11 Å². The van der Waals surface area contributed by atoms with Crippen molar-refractivity contribution < 1.29 is 17.9 Å². The van der Waals surface area contributed by atoms with E-state index in [0.717, 1.165) is 6.07 Å². The lowest BCUT2D eigenvalue weighted by molar-refractivity contribution is -0.137. The molecule has 0 heterocycles. The van der Waals surface area contributed by atoms with Crippen LogP contribution in [0.2, 0.25) is 0 Å². The number of halogens is 3. The Morgan fingerprint density at radius 3 is 2.43 bits per heavy atom. The predicted molar refractivity (Wildman–Crippen MR) is 45.9 cm³/mol. The van der Waals surface area contributed by atoms with Crippen LogP contribution in [0.4, 0.5) is 13.2 Å². The second-order valence-corrected chi connectivity index (χ2v) is 2.55. The zero-order chi connectivity index (χ0) is 10.8. The summed E-state index contributed by atoms with van der Waals surface area (Å²) in [6, 6.07) is 3.49. The number of ether oxygens (including phenoxy) is 1. The van der Waals surface area contributed by atoms with Crippen LogP contribution in [0.3, 0.4) is 0 Å². The molecule has 0 N–H and O–H groups in total. The van der Waals surface area contributed by atoms with Gasteiger partial charge in [-0.25, -0.2) is 0 Å². The zero-order valence-electron chi connectivity index (χ0n) is 7.35. The molecule has 0 atom stereocenters. The van der Waals surface area contributed by atoms with Gasteiger partial charge in [0.1, 0.15) is 5.75 Å². The summed E-state index contributed by atoms with van der Waals surface area (Å²) in [7, 11) is 1.30. The third-order valence-corrected chi connectivity index (χ3v) is 1.69. The average Bonchev–Trinajstić information content (AvgIpc) is 2.15. The molecule has 0 radical (unpaired) electrons. The largest absolute Gasteiger partial charge is 0.497 e. The summed E-state index contributed by atoms with van der Waals surface area (Å²) >= 11 is 0. The van der Waals surface area contributed by atoms with Crippen molar-refractivity contribution in [1.82, 2.24) is 0 Å². The molecular formula is C10H7F3O. The van der Waals surface area contributed by atoms with Gasteiger partial charge in [-0.15, -0.1) is 6.42 Å². The molecule has 1 aromatic rings. The normalized spacial score (nSPS) is 10.8. The highest BCUT2D eigenvalue weighted by atomic mass is 19.4. The molecule has 0 aliphatic rings. The number of hydrogen-bond donors (Lipinski definition) is 0. The Kier molecular flexibility index (Phi) is 2.70. The monoisotopic (exact) mass is 200 g/mol. The smallest absolute Gasteiger partial charge is 0.417 e. The maximum Gasteiger partial charge on any atom is 0.417 e. The molecule has 0 aromatic heterocycles. The first-order valence-electron chi connectivity index (χ1n) is 3.71. The van der Waals surface area contributed by atoms with E-state index >= 15 is 0 Å². The molecule has 0 aliphatic carbocycles. The van der Waals surface area contributed by atoms with Gasteiger partial charge in [0.15, 0.2) is 0 Å². The van der Waals surface area contributed by atoms with Gasteiger partial charge in [-0.1, -0.05) is 5.92 Å². The minimum absolute atomic E-state index is 0.135. The Hall–Kier alpha value is -1.63. The van der Waals surface area contributed by atoms with Gasteiger partial charge in [0.25, 0.3) is 0 Å². The molecule has 1 aromatic carbocycles. The minimum Gasteiger partial charge on any atom is -0.497 e. The van der Waals surface area contributed by atoms with Gasteiger partial charge in [0.2, 0.25) is 0 Å². The second kappa shape index (κ2) is 3.62. The maximum absolute atomic E-state index is 12.4. The first kappa shape index (κ1) is 10.5. The third-order valence-electron chi connectivity index (χ3n) is 1.69. The van der Waals surface area contributed by atoms with E-state index in [9.17, 15) is 13.2 Å². The van der Waals surface area contributed by atoms with E-state index in [2.05, 4.69) is 4.74 Å². The van der Waals surface area contributed by atoms with Crippen LogP contribution in [0.15, 0.2) is 18.2 Å². The fourth-order valence-corrected chi connectivity index (χ4v) is 1.01. The lowest BCUT2D eigenvalue weighted by atomic mass is 10.1. The molecule has 0 amide bonds. The summed E-state index contributed by atoms with van der Waals surface area (Å²) in [5.41, 5.74) is -1.03. The van der Waals surface area contributed by atoms with Crippen molar-refractivity contribution in [3.8, 4) is 18.1 Å². The molecule has 0 saturated carbocycles. The number of benzene rings is 1. The number of alkyl halides is 3. The number of hydrogen-bond acceptors (Lipinski definition) is 1. The Bertz CT molecular complexity index is 374. The molecule has 0 saturated heterocycles. The van der Waals surface area contributed by atoms with Crippen molar-refractivity contribution in [2.75, 3.05) is 7.11 Å². The Morgan fingerprint density at radius 2 is 2.00 bits per heavy atom. The highest BCUT2D eigenvalue weighted by Gasteiger charge is 2.33.